The van der Waals surface area contributed by atoms with Gasteiger partial charge >= 0.3 is 0 Å². The lowest BCUT2D eigenvalue weighted by molar-refractivity contribution is -0.242. The highest BCUT2D eigenvalue weighted by Gasteiger charge is 2.33. The van der Waals surface area contributed by atoms with Gasteiger partial charge in [0.05, 0.1) is 13.7 Å². The zero-order valence-electron chi connectivity index (χ0n) is 15.8. The summed E-state index contributed by atoms with van der Waals surface area (Å²) in [4.78, 5) is 11.1. The van der Waals surface area contributed by atoms with Crippen molar-refractivity contribution in [1.82, 2.24) is 0 Å². The fraction of sp³-hybridized carbons (Fsp3) is 0.381. The number of hydrogen-bond donors (Lipinski definition) is 1. The number of rotatable bonds is 4. The number of fused-ring (bicyclic) bond motifs is 1. The third kappa shape index (κ3) is 2.98. The van der Waals surface area contributed by atoms with Crippen LogP contribution in [0, 0.1) is 13.8 Å². The maximum Gasteiger partial charge on any atom is 0.166 e. The summed E-state index contributed by atoms with van der Waals surface area (Å²) < 4.78 is 11.5. The number of carbonyl (C=O) groups is 1. The summed E-state index contributed by atoms with van der Waals surface area (Å²) in [5.74, 6) is 1.77. The molecule has 0 aromatic heterocycles. The molecule has 0 saturated heterocycles. The Morgan fingerprint density at radius 3 is 2.42 bits per heavy atom. The molecule has 0 saturated carbocycles. The Hall–Kier alpha value is -2.69. The van der Waals surface area contributed by atoms with Crippen LogP contribution in [-0.4, -0.2) is 19.8 Å². The monoisotopic (exact) mass is 354 g/mol. The van der Waals surface area contributed by atoms with Crippen molar-refractivity contribution in [3.05, 3.63) is 52.1 Å². The number of carbonyl (C=O) groups excluding carboxylic acids is 1. The first-order valence-electron chi connectivity index (χ1n) is 8.76. The van der Waals surface area contributed by atoms with Gasteiger partial charge in [-0.05, 0) is 36.5 Å². The SMILES string of the molecule is COc1c(C)c(NC(=O)[O-])c(C)c2c1OCC2c1ccc(C(C)C)cc1. The molecule has 26 heavy (non-hydrogen) atoms. The summed E-state index contributed by atoms with van der Waals surface area (Å²) in [7, 11) is 1.56. The number of methoxy groups -OCH3 is 1. The second-order valence-electron chi connectivity index (χ2n) is 7.00. The van der Waals surface area contributed by atoms with Crippen molar-refractivity contribution in [2.24, 2.45) is 0 Å². The molecular weight excluding hydrogens is 330 g/mol. The van der Waals surface area contributed by atoms with E-state index >= 15 is 0 Å². The lowest BCUT2D eigenvalue weighted by atomic mass is 9.87. The molecule has 1 unspecified atom stereocenters. The van der Waals surface area contributed by atoms with Crippen LogP contribution in [0.5, 0.6) is 11.5 Å². The third-order valence-electron chi connectivity index (χ3n) is 5.12. The Labute approximate surface area is 153 Å². The summed E-state index contributed by atoms with van der Waals surface area (Å²) in [6.07, 6.45) is -1.34. The van der Waals surface area contributed by atoms with E-state index < -0.39 is 6.09 Å². The van der Waals surface area contributed by atoms with E-state index in [0.29, 0.717) is 35.3 Å². The fourth-order valence-electron chi connectivity index (χ4n) is 3.72. The van der Waals surface area contributed by atoms with E-state index in [1.54, 1.807) is 7.11 Å². The highest BCUT2D eigenvalue weighted by molar-refractivity contribution is 5.87. The Morgan fingerprint density at radius 2 is 1.88 bits per heavy atom. The number of carboxylic acid groups (broad SMARTS) is 1. The molecule has 5 nitrogen and oxygen atoms in total. The predicted octanol–water partition coefficient (Wildman–Crippen LogP) is 3.71. The second kappa shape index (κ2) is 6.90. The molecular formula is C21H24NO4-. The number of anilines is 1. The number of nitrogens with one attached hydrogen (secondary N) is 1. The topological polar surface area (TPSA) is 70.6 Å². The molecule has 3 rings (SSSR count). The lowest BCUT2D eigenvalue weighted by Gasteiger charge is -2.21. The average Bonchev–Trinajstić information content (AvgIpc) is 3.04. The Morgan fingerprint density at radius 1 is 1.23 bits per heavy atom. The molecule has 1 aliphatic rings. The van der Waals surface area contributed by atoms with Crippen LogP contribution in [0.15, 0.2) is 24.3 Å². The molecule has 5 heteroatoms. The van der Waals surface area contributed by atoms with Crippen LogP contribution >= 0.6 is 0 Å². The molecule has 0 bridgehead atoms. The fourth-order valence-corrected chi connectivity index (χ4v) is 3.72. The maximum atomic E-state index is 11.1. The summed E-state index contributed by atoms with van der Waals surface area (Å²) in [6.45, 7) is 8.55. The van der Waals surface area contributed by atoms with Crippen LogP contribution in [0.4, 0.5) is 10.5 Å². The van der Waals surface area contributed by atoms with Crippen LogP contribution in [0.25, 0.3) is 0 Å². The Kier molecular flexibility index (Phi) is 4.81. The molecule has 0 fully saturated rings. The molecule has 1 atom stereocenters. The first kappa shape index (κ1) is 18.1. The molecule has 0 spiro atoms. The number of hydrogen-bond acceptors (Lipinski definition) is 4. The Balaban J connectivity index is 2.12. The van der Waals surface area contributed by atoms with Gasteiger partial charge in [-0.15, -0.1) is 0 Å². The van der Waals surface area contributed by atoms with Crippen molar-refractivity contribution in [2.75, 3.05) is 19.0 Å². The Bertz CT molecular complexity index is 840. The van der Waals surface area contributed by atoms with Gasteiger partial charge in [0.15, 0.2) is 11.5 Å². The van der Waals surface area contributed by atoms with E-state index in [1.165, 1.54) is 5.56 Å². The van der Waals surface area contributed by atoms with Crippen molar-refractivity contribution >= 4 is 11.8 Å². The van der Waals surface area contributed by atoms with Crippen LogP contribution in [0.2, 0.25) is 0 Å². The van der Waals surface area contributed by atoms with Gasteiger partial charge in [0.1, 0.15) is 6.09 Å². The van der Waals surface area contributed by atoms with Crippen molar-refractivity contribution in [3.8, 4) is 11.5 Å². The predicted molar refractivity (Wildman–Crippen MR) is 99.4 cm³/mol. The summed E-state index contributed by atoms with van der Waals surface area (Å²) >= 11 is 0. The van der Waals surface area contributed by atoms with Gasteiger partial charge in [-0.2, -0.15) is 0 Å². The minimum absolute atomic E-state index is 0.0306. The number of amides is 1. The van der Waals surface area contributed by atoms with E-state index in [9.17, 15) is 9.90 Å². The molecule has 1 heterocycles. The van der Waals surface area contributed by atoms with Crippen LogP contribution in [-0.2, 0) is 0 Å². The minimum Gasteiger partial charge on any atom is -0.530 e. The lowest BCUT2D eigenvalue weighted by Crippen LogP contribution is -2.29. The highest BCUT2D eigenvalue weighted by Crippen LogP contribution is 2.50. The van der Waals surface area contributed by atoms with Gasteiger partial charge in [0.25, 0.3) is 0 Å². The summed E-state index contributed by atoms with van der Waals surface area (Å²) in [5.41, 5.74) is 5.44. The smallest absolute Gasteiger partial charge is 0.166 e. The van der Waals surface area contributed by atoms with Crippen molar-refractivity contribution in [3.63, 3.8) is 0 Å². The standard InChI is InChI=1S/C21H25NO4/c1-11(2)14-6-8-15(9-7-14)16-10-26-20-17(16)12(3)18(22-21(23)24)13(4)19(20)25-5/h6-9,11,16,22H,10H2,1-5H3,(H,23,24)/p-1. The van der Waals surface area contributed by atoms with Crippen LogP contribution in [0.1, 0.15) is 53.5 Å². The average molecular weight is 354 g/mol. The largest absolute Gasteiger partial charge is 0.530 e. The highest BCUT2D eigenvalue weighted by atomic mass is 16.5. The zero-order chi connectivity index (χ0) is 19.0. The molecule has 0 aliphatic carbocycles. The van der Waals surface area contributed by atoms with Gasteiger partial charge in [-0.1, -0.05) is 38.1 Å². The van der Waals surface area contributed by atoms with Gasteiger partial charge in [-0.25, -0.2) is 0 Å². The first-order valence-corrected chi connectivity index (χ1v) is 8.76. The van der Waals surface area contributed by atoms with E-state index in [-0.39, 0.29) is 5.92 Å². The molecule has 138 valence electrons. The summed E-state index contributed by atoms with van der Waals surface area (Å²) in [5, 5.41) is 13.5. The van der Waals surface area contributed by atoms with Gasteiger partial charge in [0, 0.05) is 22.7 Å². The van der Waals surface area contributed by atoms with Crippen molar-refractivity contribution in [1.29, 1.82) is 0 Å². The normalized spacial score (nSPS) is 15.5. The molecule has 2 aromatic carbocycles. The van der Waals surface area contributed by atoms with Crippen LogP contribution in [0.3, 0.4) is 0 Å². The van der Waals surface area contributed by atoms with Gasteiger partial charge in [-0.3, -0.25) is 0 Å². The molecule has 1 aliphatic heterocycles. The van der Waals surface area contributed by atoms with Crippen LogP contribution < -0.4 is 19.9 Å². The second-order valence-corrected chi connectivity index (χ2v) is 7.00. The quantitative estimate of drug-likeness (QED) is 0.908. The molecule has 1 N–H and O–H groups in total. The minimum atomic E-state index is -1.34. The first-order chi connectivity index (χ1) is 12.3. The molecule has 2 aromatic rings. The summed E-state index contributed by atoms with van der Waals surface area (Å²) in [6, 6.07) is 8.52. The zero-order valence-corrected chi connectivity index (χ0v) is 15.8. The third-order valence-corrected chi connectivity index (χ3v) is 5.12. The van der Waals surface area contributed by atoms with E-state index in [1.807, 2.05) is 13.8 Å². The van der Waals surface area contributed by atoms with Gasteiger partial charge in [0.2, 0.25) is 0 Å². The van der Waals surface area contributed by atoms with E-state index in [4.69, 9.17) is 9.47 Å². The van der Waals surface area contributed by atoms with E-state index in [2.05, 4.69) is 43.4 Å². The number of ether oxygens (including phenoxy) is 2. The molecule has 0 radical (unpaired) electrons. The van der Waals surface area contributed by atoms with Crippen molar-refractivity contribution < 1.29 is 19.4 Å². The van der Waals surface area contributed by atoms with Crippen molar-refractivity contribution in [2.45, 2.75) is 39.5 Å². The maximum absolute atomic E-state index is 11.1. The number of benzene rings is 2. The van der Waals surface area contributed by atoms with E-state index in [0.717, 1.165) is 16.7 Å². The molecule has 1 amide bonds. The van der Waals surface area contributed by atoms with Gasteiger partial charge < -0.3 is 24.7 Å².